The highest BCUT2D eigenvalue weighted by atomic mass is 15.2. The summed E-state index contributed by atoms with van der Waals surface area (Å²) >= 11 is 0. The monoisotopic (exact) mass is 242 g/mol. The van der Waals surface area contributed by atoms with Gasteiger partial charge in [-0.2, -0.15) is 0 Å². The van der Waals surface area contributed by atoms with E-state index in [-0.39, 0.29) is 0 Å². The molecule has 0 aromatic heterocycles. The minimum atomic E-state index is 0.325. The van der Waals surface area contributed by atoms with Crippen molar-refractivity contribution in [2.75, 3.05) is 20.1 Å². The highest BCUT2D eigenvalue weighted by Crippen LogP contribution is 2.23. The second-order valence-corrected chi connectivity index (χ2v) is 6.08. The molecule has 1 N–H and O–H groups in total. The highest BCUT2D eigenvalue weighted by molar-refractivity contribution is 4.84. The molecule has 0 aromatic carbocycles. The highest BCUT2D eigenvalue weighted by Gasteiger charge is 2.28. The van der Waals surface area contributed by atoms with Crippen LogP contribution in [-0.2, 0) is 0 Å². The molecule has 0 amide bonds. The summed E-state index contributed by atoms with van der Waals surface area (Å²) in [5.41, 5.74) is 0.325. The number of nitrogens with one attached hydrogen (secondary N) is 1. The zero-order chi connectivity index (χ0) is 13.5. The average Bonchev–Trinajstić information content (AvgIpc) is 2.32. The van der Waals surface area contributed by atoms with Gasteiger partial charge in [0, 0.05) is 18.6 Å². The van der Waals surface area contributed by atoms with E-state index in [1.807, 2.05) is 0 Å². The van der Waals surface area contributed by atoms with Gasteiger partial charge in [-0.25, -0.2) is 0 Å². The normalized spacial score (nSPS) is 16.2. The summed E-state index contributed by atoms with van der Waals surface area (Å²) in [6, 6.07) is 1.25. The van der Waals surface area contributed by atoms with Gasteiger partial charge in [-0.05, 0) is 45.7 Å². The Kier molecular flexibility index (Phi) is 8.06. The second kappa shape index (κ2) is 8.10. The minimum Gasteiger partial charge on any atom is -0.317 e. The van der Waals surface area contributed by atoms with E-state index in [1.54, 1.807) is 0 Å². The fourth-order valence-electron chi connectivity index (χ4n) is 2.13. The smallest absolute Gasteiger partial charge is 0.00991 e. The summed E-state index contributed by atoms with van der Waals surface area (Å²) in [5.74, 6) is 0. The molecule has 0 aliphatic rings. The Morgan fingerprint density at radius 3 is 2.18 bits per heavy atom. The molecule has 0 aromatic rings. The van der Waals surface area contributed by atoms with Crippen molar-refractivity contribution in [2.45, 2.75) is 72.9 Å². The number of hydrogen-bond acceptors (Lipinski definition) is 2. The van der Waals surface area contributed by atoms with Crippen molar-refractivity contribution < 1.29 is 0 Å². The molecule has 0 heterocycles. The van der Waals surface area contributed by atoms with Crippen LogP contribution in [0.4, 0.5) is 0 Å². The lowest BCUT2D eigenvalue weighted by molar-refractivity contribution is 0.110. The third-order valence-corrected chi connectivity index (χ3v) is 4.23. The second-order valence-electron chi connectivity index (χ2n) is 6.08. The third-order valence-electron chi connectivity index (χ3n) is 4.23. The van der Waals surface area contributed by atoms with Crippen LogP contribution < -0.4 is 5.32 Å². The Bertz CT molecular complexity index is 189. The van der Waals surface area contributed by atoms with Crippen molar-refractivity contribution in [1.29, 1.82) is 0 Å². The van der Waals surface area contributed by atoms with E-state index in [2.05, 4.69) is 58.8 Å². The molecular formula is C15H34N2. The number of rotatable bonds is 9. The van der Waals surface area contributed by atoms with Crippen LogP contribution in [0.1, 0.15) is 60.8 Å². The van der Waals surface area contributed by atoms with Gasteiger partial charge in [-0.3, -0.25) is 0 Å². The van der Waals surface area contributed by atoms with E-state index in [1.165, 1.54) is 32.4 Å². The lowest BCUT2D eigenvalue weighted by Crippen LogP contribution is -2.48. The van der Waals surface area contributed by atoms with Crippen LogP contribution in [-0.4, -0.2) is 37.1 Å². The van der Waals surface area contributed by atoms with Gasteiger partial charge in [-0.15, -0.1) is 0 Å². The Labute approximate surface area is 109 Å². The van der Waals surface area contributed by atoms with Crippen LogP contribution in [0, 0.1) is 5.41 Å². The summed E-state index contributed by atoms with van der Waals surface area (Å²) in [4.78, 5) is 2.66. The molecule has 0 radical (unpaired) electrons. The van der Waals surface area contributed by atoms with Crippen LogP contribution >= 0.6 is 0 Å². The summed E-state index contributed by atoms with van der Waals surface area (Å²) in [6.45, 7) is 16.4. The average molecular weight is 242 g/mol. The van der Waals surface area contributed by atoms with Crippen LogP contribution in [0.5, 0.6) is 0 Å². The standard InChI is InChI=1S/C15H34N2/c1-8-10-11-17(13(3)9-2)12-15(5,6)14(4)16-7/h13-14,16H,8-12H2,1-7H3. The predicted octanol–water partition coefficient (Wildman–Crippen LogP) is 3.52. The van der Waals surface area contributed by atoms with E-state index >= 15 is 0 Å². The van der Waals surface area contributed by atoms with Gasteiger partial charge in [-0.1, -0.05) is 34.1 Å². The van der Waals surface area contributed by atoms with E-state index in [9.17, 15) is 0 Å². The van der Waals surface area contributed by atoms with Gasteiger partial charge < -0.3 is 10.2 Å². The summed E-state index contributed by atoms with van der Waals surface area (Å²) < 4.78 is 0. The van der Waals surface area contributed by atoms with Gasteiger partial charge in [0.15, 0.2) is 0 Å². The lowest BCUT2D eigenvalue weighted by Gasteiger charge is -2.39. The van der Waals surface area contributed by atoms with Crippen molar-refractivity contribution in [1.82, 2.24) is 10.2 Å². The first-order chi connectivity index (χ1) is 7.88. The number of hydrogen-bond donors (Lipinski definition) is 1. The van der Waals surface area contributed by atoms with Crippen LogP contribution in [0.3, 0.4) is 0 Å². The van der Waals surface area contributed by atoms with Gasteiger partial charge in [0.25, 0.3) is 0 Å². The Morgan fingerprint density at radius 2 is 1.76 bits per heavy atom. The molecule has 0 fully saturated rings. The molecule has 17 heavy (non-hydrogen) atoms. The first-order valence-electron chi connectivity index (χ1n) is 7.30. The molecule has 0 bridgehead atoms. The molecule has 2 nitrogen and oxygen atoms in total. The first-order valence-corrected chi connectivity index (χ1v) is 7.30. The van der Waals surface area contributed by atoms with Crippen LogP contribution in [0.25, 0.3) is 0 Å². The lowest BCUT2D eigenvalue weighted by atomic mass is 9.84. The fraction of sp³-hybridized carbons (Fsp3) is 1.00. The summed E-state index contributed by atoms with van der Waals surface area (Å²) in [6.07, 6.45) is 3.84. The van der Waals surface area contributed by atoms with Gasteiger partial charge >= 0.3 is 0 Å². The zero-order valence-corrected chi connectivity index (χ0v) is 13.1. The molecule has 0 aliphatic heterocycles. The van der Waals surface area contributed by atoms with Gasteiger partial charge in [0.1, 0.15) is 0 Å². The molecule has 2 atom stereocenters. The zero-order valence-electron chi connectivity index (χ0n) is 13.1. The largest absolute Gasteiger partial charge is 0.317 e. The van der Waals surface area contributed by atoms with E-state index in [0.717, 1.165) is 0 Å². The van der Waals surface area contributed by atoms with Crippen molar-refractivity contribution in [3.8, 4) is 0 Å². The third kappa shape index (κ3) is 5.87. The van der Waals surface area contributed by atoms with Crippen LogP contribution in [0.2, 0.25) is 0 Å². The van der Waals surface area contributed by atoms with Gasteiger partial charge in [0.2, 0.25) is 0 Å². The summed E-state index contributed by atoms with van der Waals surface area (Å²) in [7, 11) is 2.06. The van der Waals surface area contributed by atoms with E-state index < -0.39 is 0 Å². The van der Waals surface area contributed by atoms with E-state index in [0.29, 0.717) is 17.5 Å². The van der Waals surface area contributed by atoms with Crippen molar-refractivity contribution >= 4 is 0 Å². The molecule has 0 rings (SSSR count). The maximum atomic E-state index is 3.40. The van der Waals surface area contributed by atoms with Crippen LogP contribution in [0.15, 0.2) is 0 Å². The Morgan fingerprint density at radius 1 is 1.18 bits per heavy atom. The molecule has 2 unspecified atom stereocenters. The van der Waals surface area contributed by atoms with Crippen molar-refractivity contribution in [3.63, 3.8) is 0 Å². The maximum Gasteiger partial charge on any atom is 0.00991 e. The molecule has 0 saturated carbocycles. The molecule has 0 aliphatic carbocycles. The Hall–Kier alpha value is -0.0800. The first kappa shape index (κ1) is 16.9. The van der Waals surface area contributed by atoms with Crippen molar-refractivity contribution in [2.24, 2.45) is 5.41 Å². The molecule has 2 heteroatoms. The fourth-order valence-corrected chi connectivity index (χ4v) is 2.13. The number of nitrogens with zero attached hydrogens (tertiary/aromatic N) is 1. The van der Waals surface area contributed by atoms with E-state index in [4.69, 9.17) is 0 Å². The quantitative estimate of drug-likeness (QED) is 0.665. The van der Waals surface area contributed by atoms with Gasteiger partial charge in [0.05, 0.1) is 0 Å². The molecule has 0 spiro atoms. The maximum absolute atomic E-state index is 3.40. The SMILES string of the molecule is CCCCN(CC(C)(C)C(C)NC)C(C)CC. The summed E-state index contributed by atoms with van der Waals surface area (Å²) in [5, 5.41) is 3.40. The molecule has 0 saturated heterocycles. The predicted molar refractivity (Wildman–Crippen MR) is 78.5 cm³/mol. The molecule has 104 valence electrons. The minimum absolute atomic E-state index is 0.325. The molecular weight excluding hydrogens is 208 g/mol. The van der Waals surface area contributed by atoms with Crippen molar-refractivity contribution in [3.05, 3.63) is 0 Å². The number of unbranched alkanes of at least 4 members (excludes halogenated alkanes) is 1. The topological polar surface area (TPSA) is 15.3 Å². The Balaban J connectivity index is 4.49.